The fourth-order valence-corrected chi connectivity index (χ4v) is 3.13. The van der Waals surface area contributed by atoms with E-state index in [2.05, 4.69) is 43.9 Å². The van der Waals surface area contributed by atoms with E-state index in [1.54, 1.807) is 0 Å². The highest BCUT2D eigenvalue weighted by Gasteiger charge is 2.31. The molecule has 0 amide bonds. The fourth-order valence-electron chi connectivity index (χ4n) is 2.78. The van der Waals surface area contributed by atoms with Crippen molar-refractivity contribution in [2.45, 2.75) is 40.2 Å². The van der Waals surface area contributed by atoms with Crippen LogP contribution in [0.3, 0.4) is 0 Å². The van der Waals surface area contributed by atoms with Crippen molar-refractivity contribution in [3.8, 4) is 0 Å². The molecule has 0 spiro atoms. The largest absolute Gasteiger partial charge is 0.371 e. The summed E-state index contributed by atoms with van der Waals surface area (Å²) in [5, 5.41) is 0.784. The first-order valence-electron chi connectivity index (χ1n) is 7.09. The van der Waals surface area contributed by atoms with E-state index in [0.717, 1.165) is 29.6 Å². The van der Waals surface area contributed by atoms with Crippen LogP contribution in [0.4, 0.5) is 5.69 Å². The van der Waals surface area contributed by atoms with Crippen molar-refractivity contribution in [1.82, 2.24) is 0 Å². The maximum absolute atomic E-state index is 6.32. The van der Waals surface area contributed by atoms with Gasteiger partial charge in [-0.2, -0.15) is 0 Å². The second-order valence-corrected chi connectivity index (χ2v) is 7.20. The molecule has 0 aromatic heterocycles. The highest BCUT2D eigenvalue weighted by molar-refractivity contribution is 6.31. The SMILES string of the molecule is CC(N)c1ccc(N2CCC(C(C)(C)C)C2)cc1Cl. The van der Waals surface area contributed by atoms with E-state index >= 15 is 0 Å². The molecule has 2 N–H and O–H groups in total. The Bertz CT molecular complexity index is 449. The van der Waals surface area contributed by atoms with Crippen LogP contribution in [0.1, 0.15) is 45.7 Å². The number of rotatable bonds is 2. The van der Waals surface area contributed by atoms with Crippen molar-refractivity contribution >= 4 is 17.3 Å². The van der Waals surface area contributed by atoms with Crippen LogP contribution in [0.15, 0.2) is 18.2 Å². The van der Waals surface area contributed by atoms with Crippen LogP contribution in [0.25, 0.3) is 0 Å². The third kappa shape index (κ3) is 3.24. The van der Waals surface area contributed by atoms with Gasteiger partial charge >= 0.3 is 0 Å². The molecule has 1 heterocycles. The van der Waals surface area contributed by atoms with E-state index in [4.69, 9.17) is 17.3 Å². The molecule has 19 heavy (non-hydrogen) atoms. The lowest BCUT2D eigenvalue weighted by molar-refractivity contribution is 0.263. The molecule has 1 saturated heterocycles. The summed E-state index contributed by atoms with van der Waals surface area (Å²) < 4.78 is 0. The Hall–Kier alpha value is -0.730. The molecule has 1 fully saturated rings. The first kappa shape index (κ1) is 14.7. The Morgan fingerprint density at radius 1 is 1.37 bits per heavy atom. The van der Waals surface area contributed by atoms with Crippen LogP contribution in [0.5, 0.6) is 0 Å². The summed E-state index contributed by atoms with van der Waals surface area (Å²) in [7, 11) is 0. The molecule has 0 aliphatic carbocycles. The van der Waals surface area contributed by atoms with Crippen molar-refractivity contribution in [3.05, 3.63) is 28.8 Å². The number of hydrogen-bond acceptors (Lipinski definition) is 2. The molecule has 3 heteroatoms. The maximum Gasteiger partial charge on any atom is 0.0474 e. The van der Waals surface area contributed by atoms with Gasteiger partial charge in [-0.05, 0) is 42.4 Å². The topological polar surface area (TPSA) is 29.3 Å². The van der Waals surface area contributed by atoms with E-state index in [9.17, 15) is 0 Å². The quantitative estimate of drug-likeness (QED) is 0.878. The number of halogens is 1. The van der Waals surface area contributed by atoms with Gasteiger partial charge in [0, 0.05) is 29.8 Å². The maximum atomic E-state index is 6.32. The Labute approximate surface area is 121 Å². The smallest absolute Gasteiger partial charge is 0.0474 e. The first-order chi connectivity index (χ1) is 8.79. The third-order valence-electron chi connectivity index (χ3n) is 4.25. The van der Waals surface area contributed by atoms with Gasteiger partial charge in [-0.1, -0.05) is 38.4 Å². The molecular formula is C16H25ClN2. The Kier molecular flexibility index (Phi) is 4.12. The van der Waals surface area contributed by atoms with Gasteiger partial charge in [0.25, 0.3) is 0 Å². The standard InChI is InChI=1S/C16H25ClN2/c1-11(18)14-6-5-13(9-15(14)17)19-8-7-12(10-19)16(2,3)4/h5-6,9,11-12H,7-8,10,18H2,1-4H3. The minimum absolute atomic E-state index is 0.0116. The summed E-state index contributed by atoms with van der Waals surface area (Å²) in [6.45, 7) is 11.2. The van der Waals surface area contributed by atoms with Crippen molar-refractivity contribution in [1.29, 1.82) is 0 Å². The molecule has 0 radical (unpaired) electrons. The molecule has 2 unspecified atom stereocenters. The van der Waals surface area contributed by atoms with Gasteiger partial charge < -0.3 is 10.6 Å². The van der Waals surface area contributed by atoms with Crippen LogP contribution in [-0.4, -0.2) is 13.1 Å². The monoisotopic (exact) mass is 280 g/mol. The van der Waals surface area contributed by atoms with Crippen LogP contribution in [0.2, 0.25) is 5.02 Å². The molecule has 1 aliphatic heterocycles. The molecule has 1 aromatic rings. The van der Waals surface area contributed by atoms with Gasteiger partial charge in [-0.15, -0.1) is 0 Å². The number of hydrogen-bond donors (Lipinski definition) is 1. The Morgan fingerprint density at radius 3 is 2.53 bits per heavy atom. The van der Waals surface area contributed by atoms with Crippen molar-refractivity contribution in [2.24, 2.45) is 17.1 Å². The number of benzene rings is 1. The lowest BCUT2D eigenvalue weighted by atomic mass is 9.80. The normalized spacial score (nSPS) is 21.8. The molecule has 2 rings (SSSR count). The van der Waals surface area contributed by atoms with Crippen LogP contribution in [-0.2, 0) is 0 Å². The zero-order valence-corrected chi connectivity index (χ0v) is 13.2. The van der Waals surface area contributed by atoms with E-state index in [1.807, 2.05) is 6.92 Å². The van der Waals surface area contributed by atoms with E-state index in [0.29, 0.717) is 5.41 Å². The second-order valence-electron chi connectivity index (χ2n) is 6.79. The Morgan fingerprint density at radius 2 is 2.05 bits per heavy atom. The summed E-state index contributed by atoms with van der Waals surface area (Å²) in [6, 6.07) is 6.26. The predicted molar refractivity (Wildman–Crippen MR) is 83.8 cm³/mol. The summed E-state index contributed by atoms with van der Waals surface area (Å²) in [5.74, 6) is 0.749. The molecule has 0 saturated carbocycles. The van der Waals surface area contributed by atoms with Gasteiger partial charge in [0.05, 0.1) is 0 Å². The molecule has 1 aromatic carbocycles. The summed E-state index contributed by atoms with van der Waals surface area (Å²) in [5.41, 5.74) is 8.53. The van der Waals surface area contributed by atoms with Gasteiger partial charge in [-0.25, -0.2) is 0 Å². The van der Waals surface area contributed by atoms with Crippen molar-refractivity contribution < 1.29 is 0 Å². The van der Waals surface area contributed by atoms with Gasteiger partial charge in [0.15, 0.2) is 0 Å². The molecule has 2 nitrogen and oxygen atoms in total. The van der Waals surface area contributed by atoms with E-state index in [1.165, 1.54) is 12.1 Å². The zero-order chi connectivity index (χ0) is 14.2. The number of anilines is 1. The molecule has 1 aliphatic rings. The summed E-state index contributed by atoms with van der Waals surface area (Å²) >= 11 is 6.32. The lowest BCUT2D eigenvalue weighted by Gasteiger charge is -2.27. The molecule has 2 atom stereocenters. The third-order valence-corrected chi connectivity index (χ3v) is 4.58. The van der Waals surface area contributed by atoms with Crippen LogP contribution >= 0.6 is 11.6 Å². The lowest BCUT2D eigenvalue weighted by Crippen LogP contribution is -2.25. The Balaban J connectivity index is 2.14. The van der Waals surface area contributed by atoms with Gasteiger partial charge in [-0.3, -0.25) is 0 Å². The van der Waals surface area contributed by atoms with E-state index < -0.39 is 0 Å². The summed E-state index contributed by atoms with van der Waals surface area (Å²) in [4.78, 5) is 2.44. The highest BCUT2D eigenvalue weighted by atomic mass is 35.5. The average Bonchev–Trinajstić information content (AvgIpc) is 2.76. The molecular weight excluding hydrogens is 256 g/mol. The predicted octanol–water partition coefficient (Wildman–Crippen LogP) is 4.23. The van der Waals surface area contributed by atoms with Crippen LogP contribution in [0, 0.1) is 11.3 Å². The minimum Gasteiger partial charge on any atom is -0.371 e. The minimum atomic E-state index is -0.0116. The van der Waals surface area contributed by atoms with Gasteiger partial charge in [0.2, 0.25) is 0 Å². The van der Waals surface area contributed by atoms with Crippen molar-refractivity contribution in [3.63, 3.8) is 0 Å². The number of nitrogens with zero attached hydrogens (tertiary/aromatic N) is 1. The molecule has 0 bridgehead atoms. The molecule has 106 valence electrons. The van der Waals surface area contributed by atoms with Crippen LogP contribution < -0.4 is 10.6 Å². The zero-order valence-electron chi connectivity index (χ0n) is 12.4. The second kappa shape index (κ2) is 5.34. The van der Waals surface area contributed by atoms with Crippen molar-refractivity contribution in [2.75, 3.05) is 18.0 Å². The first-order valence-corrected chi connectivity index (χ1v) is 7.47. The number of nitrogens with two attached hydrogens (primary N) is 1. The van der Waals surface area contributed by atoms with E-state index in [-0.39, 0.29) is 6.04 Å². The summed E-state index contributed by atoms with van der Waals surface area (Å²) in [6.07, 6.45) is 1.26. The average molecular weight is 281 g/mol. The fraction of sp³-hybridized carbons (Fsp3) is 0.625. The van der Waals surface area contributed by atoms with Gasteiger partial charge in [0.1, 0.15) is 0 Å². The highest BCUT2D eigenvalue weighted by Crippen LogP contribution is 2.36.